The first-order valence-electron chi connectivity index (χ1n) is 25.7. The van der Waals surface area contributed by atoms with Crippen LogP contribution >= 0.6 is 0 Å². The molecule has 9 atom stereocenters. The Balaban J connectivity index is 0.869. The molecule has 7 N–H and O–H groups in total. The number of amides is 4. The molecule has 0 bridgehead atoms. The normalized spacial score (nSPS) is 25.7. The number of nitro benzene ring substituents is 1. The Bertz CT molecular complexity index is 2270. The maximum absolute atomic E-state index is 13.3. The molecule has 0 heterocycles. The molecule has 0 unspecified atom stereocenters. The van der Waals surface area contributed by atoms with E-state index >= 15 is 0 Å². The minimum absolute atomic E-state index is 0.0582. The summed E-state index contributed by atoms with van der Waals surface area (Å²) in [6, 6.07) is 11.0. The highest BCUT2D eigenvalue weighted by Gasteiger charge is 2.59. The van der Waals surface area contributed by atoms with Crippen LogP contribution in [0.5, 0.6) is 5.75 Å². The summed E-state index contributed by atoms with van der Waals surface area (Å²) in [5.41, 5.74) is 12.1. The van der Waals surface area contributed by atoms with Crippen LogP contribution in [0.15, 0.2) is 60.2 Å². The van der Waals surface area contributed by atoms with E-state index in [0.29, 0.717) is 36.2 Å². The highest BCUT2D eigenvalue weighted by Crippen LogP contribution is 2.67. The van der Waals surface area contributed by atoms with Crippen molar-refractivity contribution < 1.29 is 47.9 Å². The van der Waals surface area contributed by atoms with Crippen molar-refractivity contribution in [1.82, 2.24) is 10.6 Å². The number of ether oxygens (including phenoxy) is 3. The van der Waals surface area contributed by atoms with Crippen molar-refractivity contribution in [2.75, 3.05) is 25.0 Å². The molecule has 17 nitrogen and oxygen atoms in total. The fraction of sp³-hybridized carbons (Fsp3) is 0.630. The number of carbonyl (C=O) groups is 6. The van der Waals surface area contributed by atoms with E-state index in [9.17, 15) is 38.9 Å². The number of rotatable bonds is 24. The molecule has 0 aliphatic heterocycles. The molecule has 0 aromatic heterocycles. The van der Waals surface area contributed by atoms with Crippen LogP contribution < -0.4 is 32.2 Å². The van der Waals surface area contributed by atoms with Crippen LogP contribution in [0.1, 0.15) is 136 Å². The number of nitrogens with two attached hydrogens (primary N) is 2. The van der Waals surface area contributed by atoms with Crippen LogP contribution in [-0.4, -0.2) is 71.8 Å². The number of fused-ring (bicyclic) bond motifs is 5. The quantitative estimate of drug-likeness (QED) is 0.0127. The molecule has 4 aliphatic carbocycles. The summed E-state index contributed by atoms with van der Waals surface area (Å²) in [5.74, 6) is 0.738. The fourth-order valence-corrected chi connectivity index (χ4v) is 12.6. The minimum atomic E-state index is -2.41. The standard InChI is InChI=1S/C54H76N6O11/c1-34(2)8-6-9-35(3)43-20-21-44-42-19-12-37-30-41(24-26-52(37,4)45(42)25-27-53(43,44)5)69-29-7-28-57-48(63)23-22-46(61)54(56,31-47(55)62)50(65)58-32-49(64)59-38-13-10-36(11-14-38)33-70-51(66)71-40-17-15-39(16-18-40)60(67)68/h10-18,34-35,41-45H,6-9,19-33,56H2,1-5H3,(H2,55,62)(H,57,63)(H,58,65)(H,59,64)/t35-,41+,42+,43-,44+,45+,52+,53-,54-/m1/s1. The van der Waals surface area contributed by atoms with Crippen molar-refractivity contribution in [3.8, 4) is 5.75 Å². The summed E-state index contributed by atoms with van der Waals surface area (Å²) in [4.78, 5) is 86.1. The van der Waals surface area contributed by atoms with Gasteiger partial charge in [-0.3, -0.25) is 34.1 Å². The number of ketones is 1. The lowest BCUT2D eigenvalue weighted by Gasteiger charge is -2.58. The van der Waals surface area contributed by atoms with Gasteiger partial charge in [-0.1, -0.05) is 77.7 Å². The average molecular weight is 985 g/mol. The predicted octanol–water partition coefficient (Wildman–Crippen LogP) is 8.22. The van der Waals surface area contributed by atoms with E-state index in [0.717, 1.165) is 54.8 Å². The molecule has 3 fully saturated rings. The lowest BCUT2D eigenvalue weighted by atomic mass is 9.47. The minimum Gasteiger partial charge on any atom is -0.429 e. The average Bonchev–Trinajstić information content (AvgIpc) is 3.69. The number of hydrogen-bond acceptors (Lipinski definition) is 12. The third-order valence-electron chi connectivity index (χ3n) is 16.4. The maximum atomic E-state index is 13.3. The molecule has 17 heteroatoms. The second kappa shape index (κ2) is 24.2. The first kappa shape index (κ1) is 54.6. The molecule has 6 rings (SSSR count). The van der Waals surface area contributed by atoms with Crippen LogP contribution in [0, 0.1) is 56.5 Å². The largest absolute Gasteiger partial charge is 0.514 e. The van der Waals surface area contributed by atoms with Gasteiger partial charge in [0.1, 0.15) is 12.4 Å². The van der Waals surface area contributed by atoms with Gasteiger partial charge in [0.15, 0.2) is 11.3 Å². The maximum Gasteiger partial charge on any atom is 0.514 e. The predicted molar refractivity (Wildman–Crippen MR) is 267 cm³/mol. The molecule has 0 radical (unpaired) electrons. The van der Waals surface area contributed by atoms with Crippen LogP contribution in [0.4, 0.5) is 16.2 Å². The van der Waals surface area contributed by atoms with E-state index in [-0.39, 0.29) is 36.0 Å². The zero-order valence-electron chi connectivity index (χ0n) is 42.3. The van der Waals surface area contributed by atoms with Crippen LogP contribution in [0.3, 0.4) is 0 Å². The fourth-order valence-electron chi connectivity index (χ4n) is 12.6. The zero-order chi connectivity index (χ0) is 51.5. The molecule has 4 amide bonds. The Labute approximate surface area is 417 Å². The van der Waals surface area contributed by atoms with Gasteiger partial charge in [-0.05, 0) is 134 Å². The van der Waals surface area contributed by atoms with Crippen molar-refractivity contribution in [2.24, 2.45) is 57.8 Å². The number of benzene rings is 2. The summed E-state index contributed by atoms with van der Waals surface area (Å²) < 4.78 is 16.4. The Morgan fingerprint density at radius 2 is 1.61 bits per heavy atom. The van der Waals surface area contributed by atoms with Crippen LogP contribution in [0.25, 0.3) is 0 Å². The first-order chi connectivity index (χ1) is 33.7. The molecule has 0 saturated heterocycles. The van der Waals surface area contributed by atoms with Gasteiger partial charge in [0, 0.05) is 43.8 Å². The number of nitro groups is 1. The van der Waals surface area contributed by atoms with Gasteiger partial charge >= 0.3 is 6.16 Å². The van der Waals surface area contributed by atoms with Crippen molar-refractivity contribution in [1.29, 1.82) is 0 Å². The summed E-state index contributed by atoms with van der Waals surface area (Å²) in [5, 5.41) is 18.5. The topological polar surface area (TPSA) is 261 Å². The Hall–Kier alpha value is -5.68. The van der Waals surface area contributed by atoms with Crippen LogP contribution in [-0.2, 0) is 40.1 Å². The summed E-state index contributed by atoms with van der Waals surface area (Å²) in [6.45, 7) is 12.4. The highest BCUT2D eigenvalue weighted by molar-refractivity contribution is 6.14. The summed E-state index contributed by atoms with van der Waals surface area (Å²) in [6.07, 6.45) is 14.6. The number of hydrogen-bond donors (Lipinski definition) is 5. The van der Waals surface area contributed by atoms with Gasteiger partial charge in [-0.2, -0.15) is 0 Å². The number of Topliss-reactive ketones (excluding diaryl/α,β-unsaturated/α-hetero) is 1. The van der Waals surface area contributed by atoms with E-state index < -0.39 is 65.4 Å². The Morgan fingerprint density at radius 1 is 0.873 bits per heavy atom. The lowest BCUT2D eigenvalue weighted by molar-refractivity contribution is -0.384. The molecule has 388 valence electrons. The van der Waals surface area contributed by atoms with E-state index in [1.54, 1.807) is 17.7 Å². The number of nitrogens with zero attached hydrogens (tertiary/aromatic N) is 1. The van der Waals surface area contributed by atoms with Crippen molar-refractivity contribution in [3.63, 3.8) is 0 Å². The molecule has 2 aromatic rings. The molecular weight excluding hydrogens is 909 g/mol. The zero-order valence-corrected chi connectivity index (χ0v) is 42.3. The number of primary amides is 1. The van der Waals surface area contributed by atoms with Gasteiger partial charge in [0.05, 0.1) is 24.0 Å². The monoisotopic (exact) mass is 985 g/mol. The van der Waals surface area contributed by atoms with E-state index in [1.807, 2.05) is 0 Å². The van der Waals surface area contributed by atoms with Crippen LogP contribution in [0.2, 0.25) is 0 Å². The highest BCUT2D eigenvalue weighted by atomic mass is 16.7. The number of nitrogens with one attached hydrogen (secondary N) is 3. The third-order valence-corrected chi connectivity index (χ3v) is 16.4. The number of anilines is 1. The van der Waals surface area contributed by atoms with E-state index in [1.165, 1.54) is 87.8 Å². The van der Waals surface area contributed by atoms with Crippen molar-refractivity contribution >= 4 is 46.9 Å². The Morgan fingerprint density at radius 3 is 2.30 bits per heavy atom. The molecule has 2 aromatic carbocycles. The van der Waals surface area contributed by atoms with Gasteiger partial charge in [0.2, 0.25) is 23.6 Å². The third kappa shape index (κ3) is 13.8. The molecule has 4 aliphatic rings. The van der Waals surface area contributed by atoms with E-state index in [4.69, 9.17) is 25.7 Å². The van der Waals surface area contributed by atoms with Gasteiger partial charge < -0.3 is 41.6 Å². The number of carbonyl (C=O) groups excluding carboxylic acids is 6. The molecule has 71 heavy (non-hydrogen) atoms. The summed E-state index contributed by atoms with van der Waals surface area (Å²) >= 11 is 0. The second-order valence-electron chi connectivity index (χ2n) is 21.6. The lowest BCUT2D eigenvalue weighted by Crippen LogP contribution is -2.62. The SMILES string of the molecule is CC(C)CCC[C@@H](C)[C@H]1CC[C@H]2[C@@H]3CC=C4C[C@@H](OCCCNC(=O)CCC(=O)[C@](N)(CC(N)=O)C(=O)NCC(=O)Nc5ccc(COC(=O)Oc6ccc([N+](=O)[O-])cc6)cc5)CC[C@]4(C)[C@H]3CC[C@]12C. The molecular formula is C54H76N6O11. The smallest absolute Gasteiger partial charge is 0.429 e. The van der Waals surface area contributed by atoms with Crippen molar-refractivity contribution in [3.05, 3.63) is 75.9 Å². The van der Waals surface area contributed by atoms with Gasteiger partial charge in [0.25, 0.3) is 5.69 Å². The Kier molecular flexibility index (Phi) is 18.6. The van der Waals surface area contributed by atoms with Crippen molar-refractivity contribution in [2.45, 2.75) is 149 Å². The molecule has 0 spiro atoms. The van der Waals surface area contributed by atoms with Gasteiger partial charge in [-0.25, -0.2) is 4.79 Å². The number of allylic oxidation sites excluding steroid dienone is 1. The second-order valence-corrected chi connectivity index (χ2v) is 21.6. The molecule has 3 saturated carbocycles. The van der Waals surface area contributed by atoms with Gasteiger partial charge in [-0.15, -0.1) is 0 Å². The number of non-ortho nitro benzene ring substituents is 1. The van der Waals surface area contributed by atoms with E-state index in [2.05, 4.69) is 56.6 Å². The first-order valence-corrected chi connectivity index (χ1v) is 25.7. The summed E-state index contributed by atoms with van der Waals surface area (Å²) in [7, 11) is 0.